The minimum atomic E-state index is -0.788. The first-order valence-corrected chi connectivity index (χ1v) is 5.40. The van der Waals surface area contributed by atoms with Crippen molar-refractivity contribution in [2.24, 2.45) is 5.41 Å². The number of rotatable bonds is 3. The summed E-state index contributed by atoms with van der Waals surface area (Å²) < 4.78 is 0. The number of hydrogen-bond acceptors (Lipinski definition) is 2. The van der Waals surface area contributed by atoms with Gasteiger partial charge in [0.2, 0.25) is 0 Å². The standard InChI is InChI=1S/C10H16N2O3/c13-8(14)10(3-4-10)7-11-9(15)12-5-1-2-6-12/h1-7H2,(H,11,15)(H,13,14). The lowest BCUT2D eigenvalue weighted by Gasteiger charge is -2.18. The Balaban J connectivity index is 1.78. The Morgan fingerprint density at radius 2 is 1.87 bits per heavy atom. The van der Waals surface area contributed by atoms with E-state index >= 15 is 0 Å². The molecule has 0 radical (unpaired) electrons. The van der Waals surface area contributed by atoms with E-state index in [1.807, 2.05) is 0 Å². The number of carbonyl (C=O) groups excluding carboxylic acids is 1. The fourth-order valence-corrected chi connectivity index (χ4v) is 1.89. The van der Waals surface area contributed by atoms with E-state index in [0.29, 0.717) is 12.8 Å². The monoisotopic (exact) mass is 212 g/mol. The lowest BCUT2D eigenvalue weighted by molar-refractivity contribution is -0.143. The molecule has 0 aromatic heterocycles. The molecule has 0 spiro atoms. The molecule has 1 aliphatic carbocycles. The fraction of sp³-hybridized carbons (Fsp3) is 0.800. The molecule has 5 heteroatoms. The SMILES string of the molecule is O=C(NCC1(C(=O)O)CC1)N1CCCC1. The molecular formula is C10H16N2O3. The van der Waals surface area contributed by atoms with E-state index in [0.717, 1.165) is 25.9 Å². The van der Waals surface area contributed by atoms with E-state index in [1.54, 1.807) is 4.90 Å². The topological polar surface area (TPSA) is 69.6 Å². The zero-order valence-corrected chi connectivity index (χ0v) is 8.66. The van der Waals surface area contributed by atoms with Gasteiger partial charge in [-0.05, 0) is 25.7 Å². The minimum Gasteiger partial charge on any atom is -0.481 e. The maximum absolute atomic E-state index is 11.6. The van der Waals surface area contributed by atoms with E-state index in [2.05, 4.69) is 5.32 Å². The number of carboxylic acid groups (broad SMARTS) is 1. The van der Waals surface area contributed by atoms with Crippen molar-refractivity contribution in [3.8, 4) is 0 Å². The molecule has 1 aliphatic heterocycles. The summed E-state index contributed by atoms with van der Waals surface area (Å²) >= 11 is 0. The summed E-state index contributed by atoms with van der Waals surface area (Å²) in [7, 11) is 0. The van der Waals surface area contributed by atoms with Crippen molar-refractivity contribution in [3.63, 3.8) is 0 Å². The second kappa shape index (κ2) is 3.72. The van der Waals surface area contributed by atoms with E-state index in [-0.39, 0.29) is 12.6 Å². The maximum Gasteiger partial charge on any atom is 0.317 e. The number of aliphatic carboxylic acids is 1. The molecule has 0 bridgehead atoms. The van der Waals surface area contributed by atoms with Crippen LogP contribution in [0.5, 0.6) is 0 Å². The highest BCUT2D eigenvalue weighted by Crippen LogP contribution is 2.45. The number of hydrogen-bond donors (Lipinski definition) is 2. The third-order valence-corrected chi connectivity index (χ3v) is 3.28. The van der Waals surface area contributed by atoms with Gasteiger partial charge in [0.25, 0.3) is 0 Å². The predicted molar refractivity (Wildman–Crippen MR) is 53.5 cm³/mol. The smallest absolute Gasteiger partial charge is 0.317 e. The lowest BCUT2D eigenvalue weighted by Crippen LogP contribution is -2.42. The highest BCUT2D eigenvalue weighted by molar-refractivity contribution is 5.80. The van der Waals surface area contributed by atoms with Gasteiger partial charge in [0.15, 0.2) is 0 Å². The van der Waals surface area contributed by atoms with Gasteiger partial charge >= 0.3 is 12.0 Å². The van der Waals surface area contributed by atoms with E-state index < -0.39 is 11.4 Å². The average molecular weight is 212 g/mol. The van der Waals surface area contributed by atoms with E-state index in [1.165, 1.54) is 0 Å². The van der Waals surface area contributed by atoms with Gasteiger partial charge in [0.05, 0.1) is 5.41 Å². The Morgan fingerprint density at radius 1 is 1.27 bits per heavy atom. The van der Waals surface area contributed by atoms with Crippen LogP contribution in [-0.4, -0.2) is 41.6 Å². The molecule has 2 amide bonds. The molecular weight excluding hydrogens is 196 g/mol. The molecule has 5 nitrogen and oxygen atoms in total. The molecule has 2 rings (SSSR count). The Hall–Kier alpha value is -1.26. The highest BCUT2D eigenvalue weighted by atomic mass is 16.4. The van der Waals surface area contributed by atoms with Crippen LogP contribution in [0.2, 0.25) is 0 Å². The van der Waals surface area contributed by atoms with E-state index in [9.17, 15) is 9.59 Å². The van der Waals surface area contributed by atoms with Crippen molar-refractivity contribution in [2.75, 3.05) is 19.6 Å². The zero-order valence-electron chi connectivity index (χ0n) is 8.66. The molecule has 1 saturated carbocycles. The first-order valence-electron chi connectivity index (χ1n) is 5.40. The van der Waals surface area contributed by atoms with Crippen molar-refractivity contribution < 1.29 is 14.7 Å². The average Bonchev–Trinajstić information content (AvgIpc) is 2.80. The lowest BCUT2D eigenvalue weighted by atomic mass is 10.1. The van der Waals surface area contributed by atoms with Gasteiger partial charge in [-0.1, -0.05) is 0 Å². The summed E-state index contributed by atoms with van der Waals surface area (Å²) in [6.07, 6.45) is 3.47. The summed E-state index contributed by atoms with van der Waals surface area (Å²) in [5, 5.41) is 11.6. The van der Waals surface area contributed by atoms with Crippen LogP contribution in [-0.2, 0) is 4.79 Å². The Morgan fingerprint density at radius 3 is 2.33 bits per heavy atom. The summed E-state index contributed by atoms with van der Waals surface area (Å²) in [5.74, 6) is -0.788. The molecule has 0 aromatic carbocycles. The number of likely N-dealkylation sites (tertiary alicyclic amines) is 1. The molecule has 2 fully saturated rings. The van der Waals surface area contributed by atoms with E-state index in [4.69, 9.17) is 5.11 Å². The molecule has 15 heavy (non-hydrogen) atoms. The van der Waals surface area contributed by atoms with Gasteiger partial charge in [-0.25, -0.2) is 4.79 Å². The molecule has 1 saturated heterocycles. The number of nitrogens with one attached hydrogen (secondary N) is 1. The van der Waals surface area contributed by atoms with Crippen molar-refractivity contribution in [2.45, 2.75) is 25.7 Å². The minimum absolute atomic E-state index is 0.111. The van der Waals surface area contributed by atoms with Crippen LogP contribution >= 0.6 is 0 Å². The number of nitrogens with zero attached hydrogens (tertiary/aromatic N) is 1. The molecule has 0 unspecified atom stereocenters. The van der Waals surface area contributed by atoms with Gasteiger partial charge in [-0.3, -0.25) is 4.79 Å². The van der Waals surface area contributed by atoms with Gasteiger partial charge in [0.1, 0.15) is 0 Å². The summed E-state index contributed by atoms with van der Waals surface area (Å²) in [6, 6.07) is -0.111. The summed E-state index contributed by atoms with van der Waals surface area (Å²) in [5.41, 5.74) is -0.657. The highest BCUT2D eigenvalue weighted by Gasteiger charge is 2.50. The van der Waals surface area contributed by atoms with Gasteiger partial charge < -0.3 is 15.3 Å². The van der Waals surface area contributed by atoms with Crippen LogP contribution in [0.15, 0.2) is 0 Å². The number of carbonyl (C=O) groups is 2. The number of urea groups is 1. The Kier molecular flexibility index (Phi) is 2.54. The van der Waals surface area contributed by atoms with Gasteiger partial charge in [-0.15, -0.1) is 0 Å². The predicted octanol–water partition coefficient (Wildman–Crippen LogP) is 0.657. The molecule has 84 valence electrons. The van der Waals surface area contributed by atoms with Crippen LogP contribution in [0.3, 0.4) is 0 Å². The van der Waals surface area contributed by atoms with Crippen molar-refractivity contribution in [1.82, 2.24) is 10.2 Å². The normalized spacial score (nSPS) is 22.5. The summed E-state index contributed by atoms with van der Waals surface area (Å²) in [6.45, 7) is 1.87. The van der Waals surface area contributed by atoms with Crippen LogP contribution in [0.4, 0.5) is 4.79 Å². The quantitative estimate of drug-likeness (QED) is 0.722. The first kappa shape index (κ1) is 10.3. The number of amides is 2. The zero-order chi connectivity index (χ0) is 10.9. The Bertz CT molecular complexity index is 280. The summed E-state index contributed by atoms with van der Waals surface area (Å²) in [4.78, 5) is 24.2. The molecule has 0 aromatic rings. The molecule has 0 atom stereocenters. The molecule has 2 N–H and O–H groups in total. The van der Waals surface area contributed by atoms with Crippen LogP contribution in [0, 0.1) is 5.41 Å². The van der Waals surface area contributed by atoms with Crippen LogP contribution in [0.25, 0.3) is 0 Å². The van der Waals surface area contributed by atoms with Gasteiger partial charge in [-0.2, -0.15) is 0 Å². The third-order valence-electron chi connectivity index (χ3n) is 3.28. The third kappa shape index (κ3) is 2.06. The Labute approximate surface area is 88.4 Å². The van der Waals surface area contributed by atoms with Crippen LogP contribution < -0.4 is 5.32 Å². The largest absolute Gasteiger partial charge is 0.481 e. The molecule has 1 heterocycles. The van der Waals surface area contributed by atoms with Crippen molar-refractivity contribution in [1.29, 1.82) is 0 Å². The fourth-order valence-electron chi connectivity index (χ4n) is 1.89. The molecule has 2 aliphatic rings. The van der Waals surface area contributed by atoms with Gasteiger partial charge in [0, 0.05) is 19.6 Å². The van der Waals surface area contributed by atoms with Crippen molar-refractivity contribution in [3.05, 3.63) is 0 Å². The maximum atomic E-state index is 11.6. The number of carboxylic acids is 1. The second-order valence-electron chi connectivity index (χ2n) is 4.44. The van der Waals surface area contributed by atoms with Crippen molar-refractivity contribution >= 4 is 12.0 Å². The first-order chi connectivity index (χ1) is 7.14. The van der Waals surface area contributed by atoms with Crippen LogP contribution in [0.1, 0.15) is 25.7 Å². The second-order valence-corrected chi connectivity index (χ2v) is 4.44.